The quantitative estimate of drug-likeness (QED) is 0.910. The van der Waals surface area contributed by atoms with Crippen molar-refractivity contribution in [2.45, 2.75) is 32.9 Å². The maximum Gasteiger partial charge on any atom is 0.0837 e. The molecule has 0 aliphatic heterocycles. The number of hydrogen-bond acceptors (Lipinski definition) is 2. The summed E-state index contributed by atoms with van der Waals surface area (Å²) < 4.78 is 2.91. The topological polar surface area (TPSA) is 43.8 Å². The van der Waals surface area contributed by atoms with Crippen molar-refractivity contribution in [3.8, 4) is 0 Å². The van der Waals surface area contributed by atoms with Gasteiger partial charge in [0.1, 0.15) is 0 Å². The summed E-state index contributed by atoms with van der Waals surface area (Å²) >= 11 is 9.73. The van der Waals surface area contributed by atoms with E-state index in [9.17, 15) is 0 Å². The lowest BCUT2D eigenvalue weighted by Gasteiger charge is -2.17. The van der Waals surface area contributed by atoms with Gasteiger partial charge in [-0.15, -0.1) is 0 Å². The predicted molar refractivity (Wildman–Crippen MR) is 82.4 cm³/mol. The molecule has 0 aliphatic rings. The fourth-order valence-electron chi connectivity index (χ4n) is 2.16. The minimum absolute atomic E-state index is 0.265. The highest BCUT2D eigenvalue weighted by Gasteiger charge is 2.20. The van der Waals surface area contributed by atoms with Crippen molar-refractivity contribution in [3.05, 3.63) is 50.7 Å². The molecule has 0 fully saturated rings. The average Bonchev–Trinajstić information content (AvgIpc) is 2.73. The number of benzene rings is 1. The van der Waals surface area contributed by atoms with Gasteiger partial charge in [-0.25, -0.2) is 0 Å². The van der Waals surface area contributed by atoms with Crippen molar-refractivity contribution in [1.82, 2.24) is 9.78 Å². The Morgan fingerprint density at radius 1 is 1.47 bits per heavy atom. The summed E-state index contributed by atoms with van der Waals surface area (Å²) in [4.78, 5) is 0. The Labute approximate surface area is 126 Å². The number of aryl methyl sites for hydroxylation is 2. The van der Waals surface area contributed by atoms with E-state index in [-0.39, 0.29) is 6.04 Å². The van der Waals surface area contributed by atoms with E-state index in [0.29, 0.717) is 5.02 Å². The second kappa shape index (κ2) is 6.07. The van der Waals surface area contributed by atoms with E-state index in [1.54, 1.807) is 6.20 Å². The zero-order valence-electron chi connectivity index (χ0n) is 11.0. The van der Waals surface area contributed by atoms with Crippen molar-refractivity contribution in [2.75, 3.05) is 0 Å². The molecule has 19 heavy (non-hydrogen) atoms. The summed E-state index contributed by atoms with van der Waals surface area (Å²) in [5.74, 6) is 0. The molecule has 0 saturated carbocycles. The zero-order valence-corrected chi connectivity index (χ0v) is 13.4. The molecule has 0 radical (unpaired) electrons. The van der Waals surface area contributed by atoms with Gasteiger partial charge < -0.3 is 5.73 Å². The van der Waals surface area contributed by atoms with Crippen LogP contribution in [0, 0.1) is 6.92 Å². The number of hydrogen-bond donors (Lipinski definition) is 1. The van der Waals surface area contributed by atoms with Gasteiger partial charge in [0.05, 0.1) is 23.0 Å². The number of rotatable bonds is 4. The largest absolute Gasteiger partial charge is 0.319 e. The van der Waals surface area contributed by atoms with Gasteiger partial charge in [0.25, 0.3) is 0 Å². The minimum atomic E-state index is -0.265. The molecule has 0 bridgehead atoms. The van der Waals surface area contributed by atoms with E-state index in [2.05, 4.69) is 34.9 Å². The SMILES string of the molecule is CCCn1ncc(Cl)c1C(N)c1cc(Br)ccc1C. The maximum atomic E-state index is 6.40. The molecule has 5 heteroatoms. The van der Waals surface area contributed by atoms with Crippen LogP contribution < -0.4 is 5.73 Å². The lowest BCUT2D eigenvalue weighted by Crippen LogP contribution is -2.19. The number of nitrogens with two attached hydrogens (primary N) is 1. The van der Waals surface area contributed by atoms with Gasteiger partial charge in [0.2, 0.25) is 0 Å². The number of halogens is 2. The van der Waals surface area contributed by atoms with Crippen LogP contribution >= 0.6 is 27.5 Å². The van der Waals surface area contributed by atoms with Crippen LogP contribution in [0.2, 0.25) is 5.02 Å². The van der Waals surface area contributed by atoms with Gasteiger partial charge in [-0.3, -0.25) is 4.68 Å². The maximum absolute atomic E-state index is 6.40. The standard InChI is InChI=1S/C14H17BrClN3/c1-3-6-19-14(12(16)8-18-19)13(17)11-7-10(15)5-4-9(11)2/h4-5,7-8,13H,3,6,17H2,1-2H3. The summed E-state index contributed by atoms with van der Waals surface area (Å²) in [6.07, 6.45) is 2.66. The van der Waals surface area contributed by atoms with Gasteiger partial charge in [-0.2, -0.15) is 5.10 Å². The molecule has 1 aromatic heterocycles. The van der Waals surface area contributed by atoms with Crippen molar-refractivity contribution >= 4 is 27.5 Å². The summed E-state index contributed by atoms with van der Waals surface area (Å²) in [7, 11) is 0. The van der Waals surface area contributed by atoms with Gasteiger partial charge in [0, 0.05) is 11.0 Å². The predicted octanol–water partition coefficient (Wildman–Crippen LogP) is 4.07. The summed E-state index contributed by atoms with van der Waals surface area (Å²) in [5, 5.41) is 4.92. The highest BCUT2D eigenvalue weighted by Crippen LogP contribution is 2.30. The van der Waals surface area contributed by atoms with Gasteiger partial charge in [-0.05, 0) is 36.6 Å². The molecule has 1 aromatic carbocycles. The smallest absolute Gasteiger partial charge is 0.0837 e. The molecular weight excluding hydrogens is 326 g/mol. The Morgan fingerprint density at radius 3 is 2.89 bits per heavy atom. The molecule has 1 heterocycles. The molecular formula is C14H17BrClN3. The van der Waals surface area contributed by atoms with Gasteiger partial charge in [-0.1, -0.05) is 40.5 Å². The van der Waals surface area contributed by atoms with Crippen LogP contribution in [0.5, 0.6) is 0 Å². The Hall–Kier alpha value is -0.840. The third kappa shape index (κ3) is 3.02. The van der Waals surface area contributed by atoms with Crippen molar-refractivity contribution in [1.29, 1.82) is 0 Å². The molecule has 3 nitrogen and oxygen atoms in total. The number of aromatic nitrogens is 2. The Balaban J connectivity index is 2.46. The van der Waals surface area contributed by atoms with Crippen LogP contribution in [0.1, 0.15) is 36.2 Å². The lowest BCUT2D eigenvalue weighted by atomic mass is 9.99. The fourth-order valence-corrected chi connectivity index (χ4v) is 2.80. The highest BCUT2D eigenvalue weighted by atomic mass is 79.9. The Morgan fingerprint density at radius 2 is 2.21 bits per heavy atom. The van der Waals surface area contributed by atoms with Gasteiger partial charge in [0.15, 0.2) is 0 Å². The van der Waals surface area contributed by atoms with E-state index < -0.39 is 0 Å². The Bertz CT molecular complexity index is 580. The van der Waals surface area contributed by atoms with Crippen LogP contribution in [0.25, 0.3) is 0 Å². The first-order valence-electron chi connectivity index (χ1n) is 6.27. The second-order valence-electron chi connectivity index (χ2n) is 4.58. The second-order valence-corrected chi connectivity index (χ2v) is 5.90. The van der Waals surface area contributed by atoms with E-state index in [0.717, 1.165) is 34.3 Å². The molecule has 102 valence electrons. The summed E-state index contributed by atoms with van der Waals surface area (Å²) in [6, 6.07) is 5.84. The van der Waals surface area contributed by atoms with Gasteiger partial charge >= 0.3 is 0 Å². The molecule has 2 N–H and O–H groups in total. The Kier molecular flexibility index (Phi) is 4.66. The van der Waals surface area contributed by atoms with Crippen molar-refractivity contribution in [2.24, 2.45) is 5.73 Å². The fraction of sp³-hybridized carbons (Fsp3) is 0.357. The van der Waals surface area contributed by atoms with Crippen LogP contribution in [-0.4, -0.2) is 9.78 Å². The first kappa shape index (κ1) is 14.6. The first-order chi connectivity index (χ1) is 9.04. The van der Waals surface area contributed by atoms with E-state index in [1.807, 2.05) is 22.9 Å². The monoisotopic (exact) mass is 341 g/mol. The van der Waals surface area contributed by atoms with Crippen molar-refractivity contribution in [3.63, 3.8) is 0 Å². The lowest BCUT2D eigenvalue weighted by molar-refractivity contribution is 0.559. The number of nitrogens with zero attached hydrogens (tertiary/aromatic N) is 2. The molecule has 2 aromatic rings. The molecule has 0 spiro atoms. The normalized spacial score (nSPS) is 12.7. The van der Waals surface area contributed by atoms with E-state index >= 15 is 0 Å². The molecule has 0 saturated heterocycles. The van der Waals surface area contributed by atoms with Crippen LogP contribution in [0.15, 0.2) is 28.9 Å². The highest BCUT2D eigenvalue weighted by molar-refractivity contribution is 9.10. The first-order valence-corrected chi connectivity index (χ1v) is 7.44. The molecule has 0 amide bonds. The third-order valence-corrected chi connectivity index (χ3v) is 3.92. The zero-order chi connectivity index (χ0) is 14.0. The van der Waals surface area contributed by atoms with Crippen molar-refractivity contribution < 1.29 is 0 Å². The molecule has 0 aliphatic carbocycles. The van der Waals surface area contributed by atoms with Crippen LogP contribution in [0.4, 0.5) is 0 Å². The minimum Gasteiger partial charge on any atom is -0.319 e. The molecule has 1 unspecified atom stereocenters. The van der Waals surface area contributed by atoms with Crippen LogP contribution in [-0.2, 0) is 6.54 Å². The summed E-state index contributed by atoms with van der Waals surface area (Å²) in [6.45, 7) is 4.98. The molecule has 2 rings (SSSR count). The van der Waals surface area contributed by atoms with Crippen LogP contribution in [0.3, 0.4) is 0 Å². The van der Waals surface area contributed by atoms with E-state index in [1.165, 1.54) is 0 Å². The summed E-state index contributed by atoms with van der Waals surface area (Å²) in [5.41, 5.74) is 9.49. The average molecular weight is 343 g/mol. The van der Waals surface area contributed by atoms with E-state index in [4.69, 9.17) is 17.3 Å². The molecule has 1 atom stereocenters. The third-order valence-electron chi connectivity index (χ3n) is 3.14.